The highest BCUT2D eigenvalue weighted by Gasteiger charge is 2.23. The molecule has 0 saturated heterocycles. The van der Waals surface area contributed by atoms with Crippen LogP contribution in [0.3, 0.4) is 0 Å². The Labute approximate surface area is 101 Å². The van der Waals surface area contributed by atoms with Gasteiger partial charge in [0.15, 0.2) is 5.78 Å². The number of nitrogens with two attached hydrogens (primary N) is 1. The van der Waals surface area contributed by atoms with Gasteiger partial charge in [-0.25, -0.2) is 0 Å². The van der Waals surface area contributed by atoms with Crippen molar-refractivity contribution < 1.29 is 4.79 Å². The van der Waals surface area contributed by atoms with Gasteiger partial charge in [-0.1, -0.05) is 35.9 Å². The predicted octanol–water partition coefficient (Wildman–Crippen LogP) is 3.07. The van der Waals surface area contributed by atoms with E-state index in [4.69, 9.17) is 5.73 Å². The third-order valence-electron chi connectivity index (χ3n) is 2.84. The lowest BCUT2D eigenvalue weighted by molar-refractivity contribution is 0.0913. The van der Waals surface area contributed by atoms with Crippen LogP contribution in [0.15, 0.2) is 36.4 Å². The first kappa shape index (κ1) is 11.8. The zero-order valence-corrected chi connectivity index (χ0v) is 10.4. The summed E-state index contributed by atoms with van der Waals surface area (Å²) in [6, 6.07) is 11.9. The molecule has 0 bridgehead atoms. The summed E-state index contributed by atoms with van der Waals surface area (Å²) in [5, 5.41) is 2.22. The van der Waals surface area contributed by atoms with E-state index >= 15 is 0 Å². The Bertz CT molecular complexity index is 579. The maximum atomic E-state index is 12.1. The number of fused-ring (bicyclic) bond motifs is 1. The van der Waals surface area contributed by atoms with E-state index in [0.29, 0.717) is 5.56 Å². The highest BCUT2D eigenvalue weighted by molar-refractivity contribution is 6.05. The third kappa shape index (κ3) is 2.37. The van der Waals surface area contributed by atoms with Gasteiger partial charge in [0.25, 0.3) is 0 Å². The largest absolute Gasteiger partial charge is 0.319 e. The third-order valence-corrected chi connectivity index (χ3v) is 2.84. The minimum Gasteiger partial charge on any atom is -0.319 e. The van der Waals surface area contributed by atoms with Gasteiger partial charge in [-0.3, -0.25) is 4.79 Å². The van der Waals surface area contributed by atoms with Crippen LogP contribution < -0.4 is 5.73 Å². The molecule has 0 saturated carbocycles. The molecule has 17 heavy (non-hydrogen) atoms. The summed E-state index contributed by atoms with van der Waals surface area (Å²) in [6.45, 7) is 5.52. The maximum absolute atomic E-state index is 12.1. The molecular formula is C15H17NO. The molecule has 0 aliphatic heterocycles. The number of carbonyl (C=O) groups excluding carboxylic acids is 1. The van der Waals surface area contributed by atoms with E-state index < -0.39 is 5.54 Å². The first-order valence-corrected chi connectivity index (χ1v) is 5.72. The number of ketones is 1. The highest BCUT2D eigenvalue weighted by Crippen LogP contribution is 2.20. The number of hydrogen-bond donors (Lipinski definition) is 1. The van der Waals surface area contributed by atoms with Crippen molar-refractivity contribution in [3.05, 3.63) is 47.5 Å². The average molecular weight is 227 g/mol. The number of rotatable bonds is 2. The lowest BCUT2D eigenvalue weighted by Crippen LogP contribution is -2.41. The Morgan fingerprint density at radius 3 is 2.29 bits per heavy atom. The minimum absolute atomic E-state index is 0.0278. The molecule has 0 fully saturated rings. The van der Waals surface area contributed by atoms with Crippen molar-refractivity contribution >= 4 is 16.6 Å². The van der Waals surface area contributed by atoms with Gasteiger partial charge in [-0.2, -0.15) is 0 Å². The quantitative estimate of drug-likeness (QED) is 0.801. The predicted molar refractivity (Wildman–Crippen MR) is 71.3 cm³/mol. The van der Waals surface area contributed by atoms with Crippen molar-refractivity contribution in [3.63, 3.8) is 0 Å². The molecule has 0 unspecified atom stereocenters. The zero-order valence-electron chi connectivity index (χ0n) is 10.4. The Balaban J connectivity index is 2.52. The average Bonchev–Trinajstić information content (AvgIpc) is 2.26. The van der Waals surface area contributed by atoms with Gasteiger partial charge in [-0.15, -0.1) is 0 Å². The summed E-state index contributed by atoms with van der Waals surface area (Å²) in [5.41, 5.74) is 6.90. The fraction of sp³-hybridized carbons (Fsp3) is 0.267. The normalized spacial score (nSPS) is 11.8. The number of carbonyl (C=O) groups is 1. The Kier molecular flexibility index (Phi) is 2.76. The Hall–Kier alpha value is -1.67. The van der Waals surface area contributed by atoms with E-state index in [9.17, 15) is 4.79 Å². The Morgan fingerprint density at radius 1 is 1.06 bits per heavy atom. The Morgan fingerprint density at radius 2 is 1.65 bits per heavy atom. The van der Waals surface area contributed by atoms with E-state index in [0.717, 1.165) is 10.8 Å². The zero-order chi connectivity index (χ0) is 12.6. The molecule has 88 valence electrons. The van der Waals surface area contributed by atoms with Crippen molar-refractivity contribution in [3.8, 4) is 0 Å². The minimum atomic E-state index is -0.821. The molecule has 0 aliphatic carbocycles. The summed E-state index contributed by atoms with van der Waals surface area (Å²) < 4.78 is 0. The SMILES string of the molecule is Cc1ccc2cc(C(=O)C(C)(C)N)ccc2c1. The summed E-state index contributed by atoms with van der Waals surface area (Å²) in [4.78, 5) is 12.1. The van der Waals surface area contributed by atoms with E-state index in [-0.39, 0.29) is 5.78 Å². The summed E-state index contributed by atoms with van der Waals surface area (Å²) in [6.07, 6.45) is 0. The van der Waals surface area contributed by atoms with E-state index in [1.165, 1.54) is 5.56 Å². The number of hydrogen-bond acceptors (Lipinski definition) is 2. The molecule has 2 nitrogen and oxygen atoms in total. The van der Waals surface area contributed by atoms with Crippen molar-refractivity contribution in [2.45, 2.75) is 26.3 Å². The summed E-state index contributed by atoms with van der Waals surface area (Å²) >= 11 is 0. The molecule has 0 atom stereocenters. The maximum Gasteiger partial charge on any atom is 0.182 e. The lowest BCUT2D eigenvalue weighted by Gasteiger charge is -2.17. The molecule has 0 amide bonds. The van der Waals surface area contributed by atoms with E-state index in [2.05, 4.69) is 13.0 Å². The lowest BCUT2D eigenvalue weighted by atomic mass is 9.93. The highest BCUT2D eigenvalue weighted by atomic mass is 16.1. The smallest absolute Gasteiger partial charge is 0.182 e. The van der Waals surface area contributed by atoms with E-state index in [1.807, 2.05) is 30.3 Å². The second kappa shape index (κ2) is 3.97. The fourth-order valence-electron chi connectivity index (χ4n) is 1.88. The van der Waals surface area contributed by atoms with Crippen LogP contribution in [0.4, 0.5) is 0 Å². The molecule has 2 heteroatoms. The first-order valence-electron chi connectivity index (χ1n) is 5.72. The summed E-state index contributed by atoms with van der Waals surface area (Å²) in [5.74, 6) is -0.0278. The van der Waals surface area contributed by atoms with Gasteiger partial charge in [-0.05, 0) is 37.6 Å². The molecule has 0 spiro atoms. The van der Waals surface area contributed by atoms with Crippen molar-refractivity contribution in [2.75, 3.05) is 0 Å². The van der Waals surface area contributed by atoms with Gasteiger partial charge < -0.3 is 5.73 Å². The van der Waals surface area contributed by atoms with Gasteiger partial charge in [0.2, 0.25) is 0 Å². The van der Waals surface area contributed by atoms with Crippen LogP contribution in [0.5, 0.6) is 0 Å². The van der Waals surface area contributed by atoms with Gasteiger partial charge in [0.1, 0.15) is 0 Å². The van der Waals surface area contributed by atoms with Crippen LogP contribution in [0, 0.1) is 6.92 Å². The van der Waals surface area contributed by atoms with Crippen LogP contribution in [-0.4, -0.2) is 11.3 Å². The second-order valence-corrected chi connectivity index (χ2v) is 5.12. The van der Waals surface area contributed by atoms with Gasteiger partial charge >= 0.3 is 0 Å². The topological polar surface area (TPSA) is 43.1 Å². The van der Waals surface area contributed by atoms with Crippen LogP contribution in [-0.2, 0) is 0 Å². The molecule has 2 rings (SSSR count). The van der Waals surface area contributed by atoms with Crippen LogP contribution in [0.25, 0.3) is 10.8 Å². The monoisotopic (exact) mass is 227 g/mol. The van der Waals surface area contributed by atoms with E-state index in [1.54, 1.807) is 13.8 Å². The van der Waals surface area contributed by atoms with Crippen molar-refractivity contribution in [1.82, 2.24) is 0 Å². The molecule has 2 aromatic rings. The second-order valence-electron chi connectivity index (χ2n) is 5.12. The number of aryl methyl sites for hydroxylation is 1. The molecule has 2 aromatic carbocycles. The molecule has 0 radical (unpaired) electrons. The molecule has 0 aliphatic rings. The molecule has 0 aromatic heterocycles. The first-order chi connectivity index (χ1) is 7.88. The van der Waals surface area contributed by atoms with Crippen molar-refractivity contribution in [2.24, 2.45) is 5.73 Å². The van der Waals surface area contributed by atoms with Crippen LogP contribution >= 0.6 is 0 Å². The summed E-state index contributed by atoms with van der Waals surface area (Å²) in [7, 11) is 0. The molecule has 2 N–H and O–H groups in total. The molecule has 0 heterocycles. The number of benzene rings is 2. The van der Waals surface area contributed by atoms with Gasteiger partial charge in [0.05, 0.1) is 5.54 Å². The fourth-order valence-corrected chi connectivity index (χ4v) is 1.88. The standard InChI is InChI=1S/C15H17NO/c1-10-4-5-12-9-13(7-6-11(12)8-10)14(17)15(2,3)16/h4-9H,16H2,1-3H3. The van der Waals surface area contributed by atoms with Crippen molar-refractivity contribution in [1.29, 1.82) is 0 Å². The van der Waals surface area contributed by atoms with Gasteiger partial charge in [0, 0.05) is 5.56 Å². The van der Waals surface area contributed by atoms with Crippen LogP contribution in [0.1, 0.15) is 29.8 Å². The van der Waals surface area contributed by atoms with Crippen LogP contribution in [0.2, 0.25) is 0 Å². The number of Topliss-reactive ketones (excluding diaryl/α,β-unsaturated/α-hetero) is 1. The molecular weight excluding hydrogens is 210 g/mol.